The molecule has 0 spiro atoms. The minimum absolute atomic E-state index is 0.0486. The highest BCUT2D eigenvalue weighted by atomic mass is 79.9. The monoisotopic (exact) mass is 333 g/mol. The number of ether oxygens (including phenoxy) is 1. The Hall–Kier alpha value is -1.20. The zero-order chi connectivity index (χ0) is 13.1. The van der Waals surface area contributed by atoms with Crippen molar-refractivity contribution in [2.75, 3.05) is 0 Å². The molecule has 6 heteroatoms. The number of hydrogen-bond acceptors (Lipinski definition) is 2. The molecule has 0 aliphatic carbocycles. The molecule has 0 saturated heterocycles. The van der Waals surface area contributed by atoms with Gasteiger partial charge in [0.15, 0.2) is 0 Å². The van der Waals surface area contributed by atoms with Crippen LogP contribution < -0.4 is 4.74 Å². The highest BCUT2D eigenvalue weighted by Crippen LogP contribution is 2.31. The molecule has 0 N–H and O–H groups in total. The van der Waals surface area contributed by atoms with Gasteiger partial charge in [0.05, 0.1) is 16.5 Å². The van der Waals surface area contributed by atoms with Gasteiger partial charge in [0.1, 0.15) is 17.4 Å². The Balaban J connectivity index is 2.36. The molecule has 0 unspecified atom stereocenters. The van der Waals surface area contributed by atoms with Gasteiger partial charge < -0.3 is 4.74 Å². The number of pyridine rings is 1. The lowest BCUT2D eigenvalue weighted by molar-refractivity contribution is 0.447. The van der Waals surface area contributed by atoms with E-state index < -0.39 is 11.6 Å². The predicted molar refractivity (Wildman–Crippen MR) is 67.9 cm³/mol. The molecule has 2 rings (SSSR count). The first kappa shape index (κ1) is 13.2. The largest absolute Gasteiger partial charge is 0.437 e. The van der Waals surface area contributed by atoms with E-state index in [-0.39, 0.29) is 17.5 Å². The molecule has 0 atom stereocenters. The quantitative estimate of drug-likeness (QED) is 0.762. The van der Waals surface area contributed by atoms with Crippen LogP contribution in [0.3, 0.4) is 0 Å². The molecular weight excluding hydrogens is 327 g/mol. The minimum atomic E-state index is -0.503. The highest BCUT2D eigenvalue weighted by Gasteiger charge is 2.10. The fraction of sp³-hybridized carbons (Fsp3) is 0.0833. The van der Waals surface area contributed by atoms with Gasteiger partial charge in [-0.05, 0) is 34.1 Å². The van der Waals surface area contributed by atoms with Crippen molar-refractivity contribution < 1.29 is 13.5 Å². The number of hydrogen-bond donors (Lipinski definition) is 0. The molecule has 2 aromatic rings. The van der Waals surface area contributed by atoms with Crippen LogP contribution in [0.2, 0.25) is 0 Å². The van der Waals surface area contributed by atoms with E-state index in [0.717, 1.165) is 6.20 Å². The Morgan fingerprint density at radius 3 is 2.72 bits per heavy atom. The molecule has 2 nitrogen and oxygen atoms in total. The fourth-order valence-electron chi connectivity index (χ4n) is 1.32. The zero-order valence-electron chi connectivity index (χ0n) is 8.96. The summed E-state index contributed by atoms with van der Waals surface area (Å²) in [4.78, 5) is 3.79. The Labute approximate surface area is 116 Å². The summed E-state index contributed by atoms with van der Waals surface area (Å²) in [5.41, 5.74) is 0.396. The third-order valence-corrected chi connectivity index (χ3v) is 3.08. The number of nitrogens with zero attached hydrogens (tertiary/aromatic N) is 1. The smallest absolute Gasteiger partial charge is 0.223 e. The normalized spacial score (nSPS) is 10.4. The molecule has 0 aliphatic rings. The van der Waals surface area contributed by atoms with E-state index >= 15 is 0 Å². The minimum Gasteiger partial charge on any atom is -0.437 e. The molecule has 0 saturated carbocycles. The molecule has 0 fully saturated rings. The lowest BCUT2D eigenvalue weighted by Gasteiger charge is -2.09. The van der Waals surface area contributed by atoms with Crippen molar-refractivity contribution in [2.24, 2.45) is 0 Å². The van der Waals surface area contributed by atoms with Crippen molar-refractivity contribution >= 4 is 27.5 Å². The summed E-state index contributed by atoms with van der Waals surface area (Å²) < 4.78 is 32.0. The fourth-order valence-corrected chi connectivity index (χ4v) is 1.83. The van der Waals surface area contributed by atoms with Gasteiger partial charge in [-0.3, -0.25) is 0 Å². The summed E-state index contributed by atoms with van der Waals surface area (Å²) in [5, 5.41) is 0. The van der Waals surface area contributed by atoms with E-state index in [9.17, 15) is 8.78 Å². The molecule has 1 aromatic carbocycles. The molecule has 0 radical (unpaired) electrons. The summed E-state index contributed by atoms with van der Waals surface area (Å²) in [6.45, 7) is 0. The summed E-state index contributed by atoms with van der Waals surface area (Å²) in [5.74, 6) is -0.496. The summed E-state index contributed by atoms with van der Waals surface area (Å²) in [6, 6.07) is 5.22. The number of alkyl halides is 1. The van der Waals surface area contributed by atoms with E-state index in [2.05, 4.69) is 20.9 Å². The maximum atomic E-state index is 13.1. The van der Waals surface area contributed by atoms with Gasteiger partial charge in [-0.15, -0.1) is 11.6 Å². The van der Waals surface area contributed by atoms with Crippen LogP contribution in [0.4, 0.5) is 8.78 Å². The number of rotatable bonds is 3. The van der Waals surface area contributed by atoms with Gasteiger partial charge in [-0.1, -0.05) is 0 Å². The van der Waals surface area contributed by atoms with Crippen molar-refractivity contribution in [2.45, 2.75) is 5.88 Å². The van der Waals surface area contributed by atoms with Crippen molar-refractivity contribution in [1.82, 2.24) is 4.98 Å². The van der Waals surface area contributed by atoms with Gasteiger partial charge in [0, 0.05) is 11.6 Å². The topological polar surface area (TPSA) is 22.1 Å². The van der Waals surface area contributed by atoms with Crippen LogP contribution in [-0.4, -0.2) is 4.98 Å². The first-order chi connectivity index (χ1) is 8.60. The van der Waals surface area contributed by atoms with Crippen LogP contribution in [0.5, 0.6) is 11.6 Å². The van der Waals surface area contributed by atoms with E-state index in [0.29, 0.717) is 10.0 Å². The number of aromatic nitrogens is 1. The van der Waals surface area contributed by atoms with Crippen LogP contribution in [0, 0.1) is 11.6 Å². The maximum Gasteiger partial charge on any atom is 0.223 e. The summed E-state index contributed by atoms with van der Waals surface area (Å²) in [7, 11) is 0. The van der Waals surface area contributed by atoms with Crippen LogP contribution in [0.1, 0.15) is 5.56 Å². The van der Waals surface area contributed by atoms with Crippen LogP contribution >= 0.6 is 27.5 Å². The second kappa shape index (κ2) is 5.63. The average Bonchev–Trinajstić information content (AvgIpc) is 2.36. The third-order valence-electron chi connectivity index (χ3n) is 2.14. The van der Waals surface area contributed by atoms with Crippen molar-refractivity contribution in [3.05, 3.63) is 52.1 Å². The van der Waals surface area contributed by atoms with Gasteiger partial charge in [0.2, 0.25) is 5.88 Å². The van der Waals surface area contributed by atoms with Crippen molar-refractivity contribution in [1.29, 1.82) is 0 Å². The molecule has 1 heterocycles. The Morgan fingerprint density at radius 2 is 2.00 bits per heavy atom. The highest BCUT2D eigenvalue weighted by molar-refractivity contribution is 9.10. The Bertz CT molecular complexity index is 580. The van der Waals surface area contributed by atoms with E-state index in [1.165, 1.54) is 24.3 Å². The molecule has 18 heavy (non-hydrogen) atoms. The van der Waals surface area contributed by atoms with Crippen LogP contribution in [0.25, 0.3) is 0 Å². The molecular formula is C12H7BrClF2NO. The van der Waals surface area contributed by atoms with Gasteiger partial charge in [-0.25, -0.2) is 13.8 Å². The number of halogens is 4. The SMILES string of the molecule is Fc1cnc(Oc2cc(F)ccc2Br)c(CCl)c1. The summed E-state index contributed by atoms with van der Waals surface area (Å²) in [6.07, 6.45) is 1.01. The van der Waals surface area contributed by atoms with Crippen LogP contribution in [-0.2, 0) is 5.88 Å². The van der Waals surface area contributed by atoms with Crippen LogP contribution in [0.15, 0.2) is 34.9 Å². The lowest BCUT2D eigenvalue weighted by atomic mass is 10.3. The first-order valence-electron chi connectivity index (χ1n) is 4.93. The molecule has 0 bridgehead atoms. The first-order valence-corrected chi connectivity index (χ1v) is 6.26. The lowest BCUT2D eigenvalue weighted by Crippen LogP contribution is -1.95. The second-order valence-corrected chi connectivity index (χ2v) is 4.55. The number of benzene rings is 1. The Kier molecular flexibility index (Phi) is 4.14. The standard InChI is InChI=1S/C12H7BrClF2NO/c13-10-2-1-8(15)4-11(10)18-12-7(5-14)3-9(16)6-17-12/h1-4,6H,5H2. The van der Waals surface area contributed by atoms with E-state index in [4.69, 9.17) is 16.3 Å². The van der Waals surface area contributed by atoms with Gasteiger partial charge in [0.25, 0.3) is 0 Å². The molecule has 1 aromatic heterocycles. The van der Waals surface area contributed by atoms with Gasteiger partial charge >= 0.3 is 0 Å². The Morgan fingerprint density at radius 1 is 1.22 bits per heavy atom. The maximum absolute atomic E-state index is 13.1. The van der Waals surface area contributed by atoms with Crippen molar-refractivity contribution in [3.63, 3.8) is 0 Å². The van der Waals surface area contributed by atoms with E-state index in [1.807, 2.05) is 0 Å². The molecule has 0 aliphatic heterocycles. The van der Waals surface area contributed by atoms with Crippen molar-refractivity contribution in [3.8, 4) is 11.6 Å². The van der Waals surface area contributed by atoms with E-state index in [1.54, 1.807) is 0 Å². The predicted octanol–water partition coefficient (Wildman–Crippen LogP) is 4.65. The molecule has 0 amide bonds. The van der Waals surface area contributed by atoms with Gasteiger partial charge in [-0.2, -0.15) is 0 Å². The third kappa shape index (κ3) is 2.97. The molecule has 94 valence electrons. The zero-order valence-corrected chi connectivity index (χ0v) is 11.3. The second-order valence-electron chi connectivity index (χ2n) is 3.43. The summed E-state index contributed by atoms with van der Waals surface area (Å²) >= 11 is 8.89. The average molecular weight is 335 g/mol.